The minimum atomic E-state index is 0.132. The van der Waals surface area contributed by atoms with Gasteiger partial charge in [-0.05, 0) is 30.8 Å². The van der Waals surface area contributed by atoms with E-state index in [1.807, 2.05) is 6.21 Å². The zero-order chi connectivity index (χ0) is 18.1. The predicted octanol–water partition coefficient (Wildman–Crippen LogP) is 1.14. The molecule has 1 fully saturated rings. The van der Waals surface area contributed by atoms with Crippen molar-refractivity contribution in [1.82, 2.24) is 9.80 Å². The van der Waals surface area contributed by atoms with Crippen LogP contribution in [0.2, 0.25) is 0 Å². The van der Waals surface area contributed by atoms with E-state index in [-0.39, 0.29) is 6.04 Å². The molecule has 2 heterocycles. The molecule has 0 aromatic heterocycles. The van der Waals surface area contributed by atoms with E-state index in [1.54, 1.807) is 0 Å². The van der Waals surface area contributed by atoms with E-state index in [0.717, 1.165) is 44.3 Å². The number of rotatable bonds is 3. The van der Waals surface area contributed by atoms with Gasteiger partial charge in [0.1, 0.15) is 19.7 Å². The topological polar surface area (TPSA) is 34.4 Å². The van der Waals surface area contributed by atoms with Crippen LogP contribution in [0.1, 0.15) is 5.56 Å². The summed E-state index contributed by atoms with van der Waals surface area (Å²) < 4.78 is 0. The van der Waals surface area contributed by atoms with Crippen LogP contribution >= 0.6 is 0 Å². The molecule has 134 valence electrons. The number of nitrogens with zero attached hydrogens (tertiary/aromatic N) is 5. The molecule has 1 unspecified atom stereocenters. The summed E-state index contributed by atoms with van der Waals surface area (Å²) in [4.78, 5) is 16.5. The number of fused-ring (bicyclic) bond motifs is 1. The van der Waals surface area contributed by atoms with Gasteiger partial charge in [0.05, 0.1) is 11.9 Å². The molecule has 1 aromatic rings. The number of allylic oxidation sites excluding steroid dienone is 2. The smallest absolute Gasteiger partial charge is 0.147 e. The fraction of sp³-hybridized carbons (Fsp3) is 0.400. The van der Waals surface area contributed by atoms with Crippen molar-refractivity contribution in [3.63, 3.8) is 0 Å². The Labute approximate surface area is 156 Å². The maximum Gasteiger partial charge on any atom is 0.147 e. The third kappa shape index (κ3) is 3.47. The van der Waals surface area contributed by atoms with Crippen LogP contribution < -0.4 is 4.90 Å². The molecule has 3 aliphatic rings. The molecule has 1 atom stereocenters. The Morgan fingerprint density at radius 2 is 2.00 bits per heavy atom. The number of amidine groups is 1. The number of aliphatic imine (C=N–C) groups is 2. The average molecular weight is 347 g/mol. The molecule has 1 aromatic carbocycles. The van der Waals surface area contributed by atoms with Gasteiger partial charge < -0.3 is 14.7 Å². The molecule has 0 saturated carbocycles. The molecular formula is C20H26BN5. The van der Waals surface area contributed by atoms with E-state index < -0.39 is 0 Å². The van der Waals surface area contributed by atoms with E-state index in [0.29, 0.717) is 0 Å². The van der Waals surface area contributed by atoms with Gasteiger partial charge >= 0.3 is 0 Å². The zero-order valence-corrected chi connectivity index (χ0v) is 15.9. The number of benzene rings is 1. The Hall–Kier alpha value is -2.34. The van der Waals surface area contributed by atoms with Crippen molar-refractivity contribution in [1.29, 1.82) is 0 Å². The number of hydrogen-bond donors (Lipinski definition) is 0. The quantitative estimate of drug-likeness (QED) is 0.769. The first kappa shape index (κ1) is 17.1. The van der Waals surface area contributed by atoms with Crippen molar-refractivity contribution in [3.05, 3.63) is 53.2 Å². The summed E-state index contributed by atoms with van der Waals surface area (Å²) >= 11 is 0. The third-order valence-corrected chi connectivity index (χ3v) is 5.40. The van der Waals surface area contributed by atoms with E-state index in [9.17, 15) is 0 Å². The van der Waals surface area contributed by atoms with Gasteiger partial charge in [-0.1, -0.05) is 23.7 Å². The van der Waals surface area contributed by atoms with Crippen molar-refractivity contribution in [2.75, 3.05) is 45.2 Å². The summed E-state index contributed by atoms with van der Waals surface area (Å²) in [6, 6.07) is 9.02. The molecule has 0 amide bonds. The molecule has 5 nitrogen and oxygen atoms in total. The SMILES string of the molecule is BC1=CC=C2N=C(N(C)Cc3cccc(N4CCN(C)CC4)c3)C=NC12. The van der Waals surface area contributed by atoms with Gasteiger partial charge in [-0.15, -0.1) is 0 Å². The van der Waals surface area contributed by atoms with Crippen LogP contribution in [0.15, 0.2) is 57.6 Å². The Kier molecular flexibility index (Phi) is 4.68. The van der Waals surface area contributed by atoms with Crippen LogP contribution in [0.4, 0.5) is 5.69 Å². The number of piperazine rings is 1. The van der Waals surface area contributed by atoms with Gasteiger partial charge in [0, 0.05) is 45.5 Å². The number of likely N-dealkylation sites (N-methyl/N-ethyl adjacent to an activating group) is 1. The second-order valence-electron chi connectivity index (χ2n) is 7.47. The highest BCUT2D eigenvalue weighted by atomic mass is 15.2. The van der Waals surface area contributed by atoms with Crippen LogP contribution in [0.25, 0.3) is 0 Å². The lowest BCUT2D eigenvalue weighted by Crippen LogP contribution is -2.44. The first-order chi connectivity index (χ1) is 12.6. The lowest BCUT2D eigenvalue weighted by molar-refractivity contribution is 0.313. The van der Waals surface area contributed by atoms with Crippen molar-refractivity contribution in [3.8, 4) is 0 Å². The monoisotopic (exact) mass is 347 g/mol. The Morgan fingerprint density at radius 3 is 2.81 bits per heavy atom. The van der Waals surface area contributed by atoms with Crippen molar-refractivity contribution < 1.29 is 0 Å². The molecule has 0 N–H and O–H groups in total. The van der Waals surface area contributed by atoms with E-state index in [4.69, 9.17) is 4.99 Å². The van der Waals surface area contributed by atoms with E-state index in [1.165, 1.54) is 16.7 Å². The Balaban J connectivity index is 1.44. The summed E-state index contributed by atoms with van der Waals surface area (Å²) in [7, 11) is 6.39. The van der Waals surface area contributed by atoms with Crippen LogP contribution in [0, 0.1) is 0 Å². The molecule has 2 aliphatic heterocycles. The summed E-state index contributed by atoms with van der Waals surface area (Å²) in [5, 5.41) is 0. The molecule has 26 heavy (non-hydrogen) atoms. The fourth-order valence-corrected chi connectivity index (χ4v) is 3.68. The van der Waals surface area contributed by atoms with Crippen LogP contribution in [-0.4, -0.2) is 76.0 Å². The van der Waals surface area contributed by atoms with Gasteiger partial charge in [0.25, 0.3) is 0 Å². The fourth-order valence-electron chi connectivity index (χ4n) is 3.68. The molecule has 6 heteroatoms. The summed E-state index contributed by atoms with van der Waals surface area (Å²) in [6.45, 7) is 5.27. The van der Waals surface area contributed by atoms with Crippen LogP contribution in [-0.2, 0) is 6.54 Å². The van der Waals surface area contributed by atoms with E-state index >= 15 is 0 Å². The minimum Gasteiger partial charge on any atom is -0.369 e. The molecule has 0 spiro atoms. The largest absolute Gasteiger partial charge is 0.369 e. The van der Waals surface area contributed by atoms with Crippen molar-refractivity contribution in [2.24, 2.45) is 9.98 Å². The van der Waals surface area contributed by atoms with Crippen molar-refractivity contribution >= 4 is 25.6 Å². The molecule has 1 aliphatic carbocycles. The summed E-state index contributed by atoms with van der Waals surface area (Å²) in [5.41, 5.74) is 4.94. The maximum absolute atomic E-state index is 4.80. The van der Waals surface area contributed by atoms with Gasteiger partial charge in [0.15, 0.2) is 0 Å². The molecule has 1 saturated heterocycles. The highest BCUT2D eigenvalue weighted by molar-refractivity contribution is 6.31. The highest BCUT2D eigenvalue weighted by Gasteiger charge is 2.23. The first-order valence-corrected chi connectivity index (χ1v) is 9.34. The summed E-state index contributed by atoms with van der Waals surface area (Å²) in [6.07, 6.45) is 6.11. The van der Waals surface area contributed by atoms with Gasteiger partial charge in [0.2, 0.25) is 0 Å². The standard InChI is InChI=1S/C20H26BN5/c1-24-8-10-26(11-9-24)16-5-3-4-15(12-16)14-25(2)19-13-22-20-17(21)6-7-18(20)23-19/h3-7,12-13,20H,8-11,14,21H2,1-2H3. The normalized spacial score (nSPS) is 22.6. The highest BCUT2D eigenvalue weighted by Crippen LogP contribution is 2.25. The summed E-state index contributed by atoms with van der Waals surface area (Å²) in [5.74, 6) is 0.931. The molecular weight excluding hydrogens is 321 g/mol. The second-order valence-corrected chi connectivity index (χ2v) is 7.47. The number of anilines is 1. The van der Waals surface area contributed by atoms with E-state index in [2.05, 4.69) is 78.1 Å². The molecule has 0 radical (unpaired) electrons. The second kappa shape index (κ2) is 7.12. The van der Waals surface area contributed by atoms with Gasteiger partial charge in [-0.25, -0.2) is 4.99 Å². The Bertz CT molecular complexity index is 802. The van der Waals surface area contributed by atoms with Gasteiger partial charge in [-0.3, -0.25) is 4.99 Å². The molecule has 0 bridgehead atoms. The number of hydrogen-bond acceptors (Lipinski definition) is 5. The molecule has 4 rings (SSSR count). The lowest BCUT2D eigenvalue weighted by atomic mass is 9.90. The van der Waals surface area contributed by atoms with Crippen LogP contribution in [0.5, 0.6) is 0 Å². The third-order valence-electron chi connectivity index (χ3n) is 5.40. The van der Waals surface area contributed by atoms with Crippen LogP contribution in [0.3, 0.4) is 0 Å². The minimum absolute atomic E-state index is 0.132. The average Bonchev–Trinajstić information content (AvgIpc) is 3.03. The Morgan fingerprint density at radius 1 is 1.19 bits per heavy atom. The zero-order valence-electron chi connectivity index (χ0n) is 15.9. The van der Waals surface area contributed by atoms with Crippen molar-refractivity contribution in [2.45, 2.75) is 12.6 Å². The lowest BCUT2D eigenvalue weighted by Gasteiger charge is -2.34. The van der Waals surface area contributed by atoms with Gasteiger partial charge in [-0.2, -0.15) is 0 Å². The first-order valence-electron chi connectivity index (χ1n) is 9.34. The predicted molar refractivity (Wildman–Crippen MR) is 112 cm³/mol. The maximum atomic E-state index is 4.80.